The van der Waals surface area contributed by atoms with Crippen molar-refractivity contribution in [1.29, 1.82) is 0 Å². The van der Waals surface area contributed by atoms with Crippen LogP contribution in [0.1, 0.15) is 29.3 Å². The van der Waals surface area contributed by atoms with Crippen molar-refractivity contribution in [2.75, 3.05) is 45.9 Å². The molecule has 0 unspecified atom stereocenters. The maximum absolute atomic E-state index is 13.8. The van der Waals surface area contributed by atoms with Crippen LogP contribution in [-0.4, -0.2) is 83.5 Å². The van der Waals surface area contributed by atoms with Crippen molar-refractivity contribution < 1.29 is 14.3 Å². The topological polar surface area (TPSA) is 68.9 Å². The molecule has 0 radical (unpaired) electrons. The Bertz CT molecular complexity index is 1250. The van der Waals surface area contributed by atoms with E-state index < -0.39 is 6.04 Å². The van der Waals surface area contributed by atoms with Gasteiger partial charge >= 0.3 is 0 Å². The molecule has 0 aliphatic carbocycles. The van der Waals surface area contributed by atoms with E-state index in [0.29, 0.717) is 18.0 Å². The third-order valence-electron chi connectivity index (χ3n) is 7.53. The molecule has 2 aromatic carbocycles. The van der Waals surface area contributed by atoms with E-state index in [0.717, 1.165) is 67.0 Å². The molecule has 3 aliphatic rings. The summed E-state index contributed by atoms with van der Waals surface area (Å²) >= 11 is 6.17. The van der Waals surface area contributed by atoms with Crippen LogP contribution in [0.15, 0.2) is 48.5 Å². The molecule has 3 aromatic rings. The molecule has 7 nitrogen and oxygen atoms in total. The lowest BCUT2D eigenvalue weighted by Crippen LogP contribution is -2.63. The zero-order valence-corrected chi connectivity index (χ0v) is 20.3. The second-order valence-corrected chi connectivity index (χ2v) is 10.0. The van der Waals surface area contributed by atoms with Crippen LogP contribution >= 0.6 is 11.6 Å². The maximum Gasteiger partial charge on any atom is 0.246 e. The Labute approximate surface area is 209 Å². The number of aromatic nitrogens is 1. The predicted octanol–water partition coefficient (Wildman–Crippen LogP) is 3.23. The zero-order valence-electron chi connectivity index (χ0n) is 19.6. The van der Waals surface area contributed by atoms with E-state index in [-0.39, 0.29) is 24.4 Å². The van der Waals surface area contributed by atoms with Crippen LogP contribution in [-0.2, 0) is 20.7 Å². The number of fused-ring (bicyclic) bond motifs is 4. The van der Waals surface area contributed by atoms with Gasteiger partial charge in [0.1, 0.15) is 6.04 Å². The summed E-state index contributed by atoms with van der Waals surface area (Å²) in [5, 5.41) is 1.76. The quantitative estimate of drug-likeness (QED) is 0.593. The standard InChI is InChI=1S/C27H29ClN4O3/c28-19-8-6-18(7-9-19)26-25-21(20-4-1-2-5-22(20)29-25)16-23-27(34)31(17-24(33)32(23)26)11-3-10-30-12-14-35-15-13-30/h1-2,4-9,23,26,29H,3,10-17H2/t23-,26-/m0/s1. The molecule has 2 saturated heterocycles. The van der Waals surface area contributed by atoms with Crippen molar-refractivity contribution in [1.82, 2.24) is 19.7 Å². The van der Waals surface area contributed by atoms with E-state index in [1.807, 2.05) is 47.4 Å². The molecule has 1 aromatic heterocycles. The summed E-state index contributed by atoms with van der Waals surface area (Å²) in [5.41, 5.74) is 4.09. The van der Waals surface area contributed by atoms with Gasteiger partial charge in [-0.3, -0.25) is 14.5 Å². The average molecular weight is 493 g/mol. The van der Waals surface area contributed by atoms with Gasteiger partial charge in [0.15, 0.2) is 0 Å². The van der Waals surface area contributed by atoms with Crippen molar-refractivity contribution in [2.24, 2.45) is 0 Å². The molecule has 2 fully saturated rings. The number of nitrogens with one attached hydrogen (secondary N) is 1. The number of nitrogens with zero attached hydrogens (tertiary/aromatic N) is 3. The Morgan fingerprint density at radius 2 is 1.77 bits per heavy atom. The van der Waals surface area contributed by atoms with Crippen LogP contribution in [0.25, 0.3) is 10.9 Å². The number of aromatic amines is 1. The number of amides is 2. The number of halogens is 1. The number of morpholine rings is 1. The summed E-state index contributed by atoms with van der Waals surface area (Å²) in [7, 11) is 0. The number of carbonyl (C=O) groups excluding carboxylic acids is 2. The van der Waals surface area contributed by atoms with Crippen molar-refractivity contribution in [3.8, 4) is 0 Å². The average Bonchev–Trinajstić information content (AvgIpc) is 3.25. The van der Waals surface area contributed by atoms with Gasteiger partial charge in [-0.25, -0.2) is 0 Å². The molecule has 35 heavy (non-hydrogen) atoms. The van der Waals surface area contributed by atoms with E-state index in [9.17, 15) is 9.59 Å². The number of hydrogen-bond donors (Lipinski definition) is 1. The first-order valence-corrected chi connectivity index (χ1v) is 12.7. The van der Waals surface area contributed by atoms with Gasteiger partial charge in [-0.15, -0.1) is 0 Å². The molecular formula is C27H29ClN4O3. The lowest BCUT2D eigenvalue weighted by molar-refractivity contribution is -0.158. The lowest BCUT2D eigenvalue weighted by Gasteiger charge is -2.47. The highest BCUT2D eigenvalue weighted by Gasteiger charge is 2.48. The minimum absolute atomic E-state index is 0.00905. The number of ether oxygens (including phenoxy) is 1. The molecule has 0 bridgehead atoms. The van der Waals surface area contributed by atoms with Gasteiger partial charge in [0.2, 0.25) is 11.8 Å². The lowest BCUT2D eigenvalue weighted by atomic mass is 9.86. The molecular weight excluding hydrogens is 464 g/mol. The molecule has 1 N–H and O–H groups in total. The highest BCUT2D eigenvalue weighted by molar-refractivity contribution is 6.30. The highest BCUT2D eigenvalue weighted by Crippen LogP contribution is 2.42. The van der Waals surface area contributed by atoms with Crippen molar-refractivity contribution in [3.05, 3.63) is 70.4 Å². The van der Waals surface area contributed by atoms with Gasteiger partial charge in [-0.1, -0.05) is 41.9 Å². The second kappa shape index (κ2) is 9.30. The molecule has 4 heterocycles. The van der Waals surface area contributed by atoms with E-state index >= 15 is 0 Å². The van der Waals surface area contributed by atoms with E-state index in [1.165, 1.54) is 0 Å². The van der Waals surface area contributed by atoms with Crippen molar-refractivity contribution in [3.63, 3.8) is 0 Å². The van der Waals surface area contributed by atoms with Gasteiger partial charge in [-0.2, -0.15) is 0 Å². The zero-order chi connectivity index (χ0) is 23.9. The van der Waals surface area contributed by atoms with Gasteiger partial charge < -0.3 is 19.5 Å². The number of piperazine rings is 1. The summed E-state index contributed by atoms with van der Waals surface area (Å²) in [5.74, 6) is 0.0340. The van der Waals surface area contributed by atoms with Crippen molar-refractivity contribution in [2.45, 2.75) is 24.9 Å². The van der Waals surface area contributed by atoms with Gasteiger partial charge in [0, 0.05) is 54.2 Å². The van der Waals surface area contributed by atoms with Crippen LogP contribution in [0, 0.1) is 0 Å². The summed E-state index contributed by atoms with van der Waals surface area (Å²) in [6.07, 6.45) is 1.37. The fourth-order valence-electron chi connectivity index (χ4n) is 5.81. The first kappa shape index (κ1) is 22.6. The molecule has 3 aliphatic heterocycles. The number of hydrogen-bond acceptors (Lipinski definition) is 4. The van der Waals surface area contributed by atoms with Crippen LogP contribution < -0.4 is 0 Å². The van der Waals surface area contributed by atoms with Crippen LogP contribution in [0.5, 0.6) is 0 Å². The Morgan fingerprint density at radius 3 is 2.57 bits per heavy atom. The monoisotopic (exact) mass is 492 g/mol. The minimum atomic E-state index is -0.507. The Morgan fingerprint density at radius 1 is 1.00 bits per heavy atom. The first-order chi connectivity index (χ1) is 17.1. The number of carbonyl (C=O) groups is 2. The van der Waals surface area contributed by atoms with Crippen LogP contribution in [0.4, 0.5) is 0 Å². The number of H-pyrrole nitrogens is 1. The maximum atomic E-state index is 13.8. The Hall–Kier alpha value is -2.87. The van der Waals surface area contributed by atoms with E-state index in [4.69, 9.17) is 16.3 Å². The van der Waals surface area contributed by atoms with Crippen LogP contribution in [0.3, 0.4) is 0 Å². The molecule has 0 spiro atoms. The fraction of sp³-hybridized carbons (Fsp3) is 0.407. The highest BCUT2D eigenvalue weighted by atomic mass is 35.5. The Balaban J connectivity index is 1.31. The third kappa shape index (κ3) is 4.11. The van der Waals surface area contributed by atoms with E-state index in [1.54, 1.807) is 4.90 Å². The predicted molar refractivity (Wildman–Crippen MR) is 134 cm³/mol. The number of benzene rings is 2. The second-order valence-electron chi connectivity index (χ2n) is 9.61. The fourth-order valence-corrected chi connectivity index (χ4v) is 5.94. The summed E-state index contributed by atoms with van der Waals surface area (Å²) < 4.78 is 5.43. The molecule has 2 atom stereocenters. The largest absolute Gasteiger partial charge is 0.379 e. The third-order valence-corrected chi connectivity index (χ3v) is 7.79. The SMILES string of the molecule is O=C1[C@@H]2Cc3c([nH]c4ccccc34)[C@H](c3ccc(Cl)cc3)N2C(=O)CN1CCCN1CCOCC1. The molecule has 2 amide bonds. The molecule has 6 rings (SSSR count). The summed E-state index contributed by atoms with van der Waals surface area (Å²) in [6, 6.07) is 14.9. The van der Waals surface area contributed by atoms with Gasteiger partial charge in [0.05, 0.1) is 25.8 Å². The molecule has 8 heteroatoms. The van der Waals surface area contributed by atoms with Crippen LogP contribution in [0.2, 0.25) is 5.02 Å². The molecule has 182 valence electrons. The summed E-state index contributed by atoms with van der Waals surface area (Å²) in [6.45, 7) is 5.01. The van der Waals surface area contributed by atoms with Crippen molar-refractivity contribution >= 4 is 34.3 Å². The first-order valence-electron chi connectivity index (χ1n) is 12.3. The number of para-hydroxylation sites is 1. The summed E-state index contributed by atoms with van der Waals surface area (Å²) in [4.78, 5) is 36.8. The van der Waals surface area contributed by atoms with E-state index in [2.05, 4.69) is 16.0 Å². The van der Waals surface area contributed by atoms with Gasteiger partial charge in [-0.05, 0) is 35.7 Å². The van der Waals surface area contributed by atoms with Gasteiger partial charge in [0.25, 0.3) is 0 Å². The number of rotatable bonds is 5. The Kier molecular flexibility index (Phi) is 6.00. The molecule has 0 saturated carbocycles. The normalized spacial score (nSPS) is 23.0. The minimum Gasteiger partial charge on any atom is -0.379 e. The smallest absolute Gasteiger partial charge is 0.246 e.